The summed E-state index contributed by atoms with van der Waals surface area (Å²) in [6, 6.07) is 10.3. The van der Waals surface area contributed by atoms with E-state index < -0.39 is 0 Å². The van der Waals surface area contributed by atoms with E-state index >= 15 is 0 Å². The highest BCUT2D eigenvalue weighted by atomic mass is 15.3. The summed E-state index contributed by atoms with van der Waals surface area (Å²) in [6.07, 6.45) is 2.69. The Kier molecular flexibility index (Phi) is 3.75. The SMILES string of the molecule is CCn1nc(C)cc1CC(N)Cn1cnc2ccccc21. The molecular weight excluding hydrogens is 262 g/mol. The summed E-state index contributed by atoms with van der Waals surface area (Å²) in [5, 5.41) is 4.47. The molecule has 0 aliphatic heterocycles. The first-order valence-electron chi connectivity index (χ1n) is 7.36. The van der Waals surface area contributed by atoms with Gasteiger partial charge in [-0.2, -0.15) is 5.10 Å². The molecule has 1 aromatic carbocycles. The lowest BCUT2D eigenvalue weighted by Gasteiger charge is -2.14. The molecule has 2 aromatic heterocycles. The fourth-order valence-electron chi connectivity index (χ4n) is 2.78. The highest BCUT2D eigenvalue weighted by molar-refractivity contribution is 5.74. The van der Waals surface area contributed by atoms with Gasteiger partial charge in [-0.25, -0.2) is 4.98 Å². The molecule has 0 spiro atoms. The summed E-state index contributed by atoms with van der Waals surface area (Å²) in [4.78, 5) is 4.41. The van der Waals surface area contributed by atoms with Crippen molar-refractivity contribution in [2.45, 2.75) is 39.4 Å². The maximum atomic E-state index is 6.33. The molecule has 0 aliphatic rings. The lowest BCUT2D eigenvalue weighted by molar-refractivity contribution is 0.525. The predicted octanol–water partition coefficient (Wildman–Crippen LogP) is 2.13. The van der Waals surface area contributed by atoms with Crippen LogP contribution >= 0.6 is 0 Å². The van der Waals surface area contributed by atoms with Crippen LogP contribution in [0.3, 0.4) is 0 Å². The second kappa shape index (κ2) is 5.69. The van der Waals surface area contributed by atoms with Gasteiger partial charge in [-0.1, -0.05) is 12.1 Å². The number of aryl methyl sites for hydroxylation is 2. The summed E-state index contributed by atoms with van der Waals surface area (Å²) in [7, 11) is 0. The van der Waals surface area contributed by atoms with E-state index in [0.29, 0.717) is 0 Å². The number of benzene rings is 1. The molecule has 0 bridgehead atoms. The molecule has 0 aliphatic carbocycles. The van der Waals surface area contributed by atoms with Gasteiger partial charge < -0.3 is 10.3 Å². The number of aromatic nitrogens is 4. The molecule has 5 nitrogen and oxygen atoms in total. The fraction of sp³-hybridized carbons (Fsp3) is 0.375. The van der Waals surface area contributed by atoms with E-state index in [9.17, 15) is 0 Å². The first kappa shape index (κ1) is 13.8. The minimum atomic E-state index is 0.0454. The molecule has 0 amide bonds. The Morgan fingerprint density at radius 1 is 1.29 bits per heavy atom. The van der Waals surface area contributed by atoms with Crippen molar-refractivity contribution in [3.63, 3.8) is 0 Å². The van der Waals surface area contributed by atoms with Crippen LogP contribution in [0.15, 0.2) is 36.7 Å². The van der Waals surface area contributed by atoms with E-state index in [1.165, 1.54) is 5.69 Å². The van der Waals surface area contributed by atoms with Crippen LogP contribution in [0.2, 0.25) is 0 Å². The number of imidazole rings is 1. The zero-order chi connectivity index (χ0) is 14.8. The van der Waals surface area contributed by atoms with Crippen molar-refractivity contribution >= 4 is 11.0 Å². The second-order valence-electron chi connectivity index (χ2n) is 5.44. The Morgan fingerprint density at radius 3 is 2.90 bits per heavy atom. The van der Waals surface area contributed by atoms with Gasteiger partial charge in [0.2, 0.25) is 0 Å². The van der Waals surface area contributed by atoms with Crippen molar-refractivity contribution in [2.75, 3.05) is 0 Å². The minimum absolute atomic E-state index is 0.0454. The lowest BCUT2D eigenvalue weighted by Crippen LogP contribution is -2.29. The van der Waals surface area contributed by atoms with Crippen LogP contribution in [-0.4, -0.2) is 25.4 Å². The van der Waals surface area contributed by atoms with Gasteiger partial charge in [0.05, 0.1) is 23.1 Å². The van der Waals surface area contributed by atoms with Crippen LogP contribution < -0.4 is 5.73 Å². The molecule has 5 heteroatoms. The van der Waals surface area contributed by atoms with Crippen molar-refractivity contribution in [2.24, 2.45) is 5.73 Å². The fourth-order valence-corrected chi connectivity index (χ4v) is 2.78. The quantitative estimate of drug-likeness (QED) is 0.780. The van der Waals surface area contributed by atoms with Crippen LogP contribution in [0.25, 0.3) is 11.0 Å². The van der Waals surface area contributed by atoms with Crippen molar-refractivity contribution < 1.29 is 0 Å². The van der Waals surface area contributed by atoms with Crippen LogP contribution in [0.4, 0.5) is 0 Å². The minimum Gasteiger partial charge on any atom is -0.329 e. The number of hydrogen-bond acceptors (Lipinski definition) is 3. The molecule has 1 unspecified atom stereocenters. The standard InChI is InChI=1S/C16H21N5/c1-3-21-14(8-12(2)19-21)9-13(17)10-20-11-18-15-6-4-5-7-16(15)20/h4-8,11,13H,3,9-10,17H2,1-2H3. The average Bonchev–Trinajstić information content (AvgIpc) is 3.03. The van der Waals surface area contributed by atoms with Gasteiger partial charge in [0.1, 0.15) is 0 Å². The van der Waals surface area contributed by atoms with Gasteiger partial charge in [0.15, 0.2) is 0 Å². The van der Waals surface area contributed by atoms with Crippen LogP contribution in [-0.2, 0) is 19.5 Å². The van der Waals surface area contributed by atoms with E-state index in [1.54, 1.807) is 0 Å². The molecule has 0 radical (unpaired) electrons. The second-order valence-corrected chi connectivity index (χ2v) is 5.44. The molecule has 110 valence electrons. The topological polar surface area (TPSA) is 61.7 Å². The van der Waals surface area contributed by atoms with E-state index in [-0.39, 0.29) is 6.04 Å². The van der Waals surface area contributed by atoms with E-state index in [2.05, 4.69) is 33.7 Å². The van der Waals surface area contributed by atoms with Gasteiger partial charge in [0, 0.05) is 31.2 Å². The van der Waals surface area contributed by atoms with Crippen LogP contribution in [0, 0.1) is 6.92 Å². The van der Waals surface area contributed by atoms with Crippen molar-refractivity contribution in [3.8, 4) is 0 Å². The third-order valence-electron chi connectivity index (χ3n) is 3.71. The Bertz CT molecular complexity index is 740. The van der Waals surface area contributed by atoms with Crippen LogP contribution in [0.5, 0.6) is 0 Å². The third kappa shape index (κ3) is 2.83. The zero-order valence-corrected chi connectivity index (χ0v) is 12.5. The predicted molar refractivity (Wildman–Crippen MR) is 84.1 cm³/mol. The Hall–Kier alpha value is -2.14. The lowest BCUT2D eigenvalue weighted by atomic mass is 10.1. The number of hydrogen-bond donors (Lipinski definition) is 1. The number of rotatable bonds is 5. The number of fused-ring (bicyclic) bond motifs is 1. The normalized spacial score (nSPS) is 12.9. The van der Waals surface area contributed by atoms with Crippen molar-refractivity contribution in [1.29, 1.82) is 0 Å². The molecule has 2 N–H and O–H groups in total. The maximum Gasteiger partial charge on any atom is 0.0958 e. The van der Waals surface area contributed by atoms with Gasteiger partial charge in [-0.3, -0.25) is 4.68 Å². The molecule has 0 fully saturated rings. The smallest absolute Gasteiger partial charge is 0.0958 e. The highest BCUT2D eigenvalue weighted by Gasteiger charge is 2.11. The Balaban J connectivity index is 1.75. The van der Waals surface area contributed by atoms with E-state index in [4.69, 9.17) is 5.73 Å². The Morgan fingerprint density at radius 2 is 2.10 bits per heavy atom. The molecule has 21 heavy (non-hydrogen) atoms. The molecular formula is C16H21N5. The van der Waals surface area contributed by atoms with Gasteiger partial charge in [-0.05, 0) is 32.0 Å². The number of nitrogens with zero attached hydrogens (tertiary/aromatic N) is 4. The van der Waals surface area contributed by atoms with Crippen molar-refractivity contribution in [1.82, 2.24) is 19.3 Å². The van der Waals surface area contributed by atoms with E-state index in [1.807, 2.05) is 36.1 Å². The van der Waals surface area contributed by atoms with Gasteiger partial charge in [-0.15, -0.1) is 0 Å². The Labute approximate surface area is 124 Å². The summed E-state index contributed by atoms with van der Waals surface area (Å²) >= 11 is 0. The largest absolute Gasteiger partial charge is 0.329 e. The third-order valence-corrected chi connectivity index (χ3v) is 3.71. The molecule has 1 atom stereocenters. The summed E-state index contributed by atoms with van der Waals surface area (Å²) in [6.45, 7) is 5.76. The summed E-state index contributed by atoms with van der Waals surface area (Å²) < 4.78 is 4.15. The van der Waals surface area contributed by atoms with Crippen molar-refractivity contribution in [3.05, 3.63) is 48.0 Å². The zero-order valence-electron chi connectivity index (χ0n) is 12.5. The summed E-state index contributed by atoms with van der Waals surface area (Å²) in [5.74, 6) is 0. The molecule has 0 saturated carbocycles. The monoisotopic (exact) mass is 283 g/mol. The molecule has 3 aromatic rings. The highest BCUT2D eigenvalue weighted by Crippen LogP contribution is 2.13. The van der Waals surface area contributed by atoms with E-state index in [0.717, 1.165) is 36.2 Å². The van der Waals surface area contributed by atoms with Gasteiger partial charge in [0.25, 0.3) is 0 Å². The summed E-state index contributed by atoms with van der Waals surface area (Å²) in [5.41, 5.74) is 10.7. The number of para-hydroxylation sites is 2. The average molecular weight is 283 g/mol. The first-order chi connectivity index (χ1) is 10.2. The molecule has 3 rings (SSSR count). The molecule has 2 heterocycles. The first-order valence-corrected chi connectivity index (χ1v) is 7.36. The maximum absolute atomic E-state index is 6.33. The van der Waals surface area contributed by atoms with Crippen LogP contribution in [0.1, 0.15) is 18.3 Å². The number of nitrogens with two attached hydrogens (primary N) is 1. The van der Waals surface area contributed by atoms with Gasteiger partial charge >= 0.3 is 0 Å². The molecule has 0 saturated heterocycles.